The van der Waals surface area contributed by atoms with E-state index in [1.54, 1.807) is 4.90 Å². The van der Waals surface area contributed by atoms with Crippen LogP contribution in [0.1, 0.15) is 12.5 Å². The van der Waals surface area contributed by atoms with Crippen molar-refractivity contribution in [3.05, 3.63) is 35.6 Å². The van der Waals surface area contributed by atoms with Crippen molar-refractivity contribution in [3.8, 4) is 0 Å². The van der Waals surface area contributed by atoms with Gasteiger partial charge in [0.2, 0.25) is 6.41 Å². The normalized spacial score (nSPS) is 18.7. The Bertz CT molecular complexity index is 385. The molecule has 98 valence electrons. The molecule has 0 radical (unpaired) electrons. The van der Waals surface area contributed by atoms with Gasteiger partial charge in [-0.15, -0.1) is 0 Å². The molecule has 3 nitrogen and oxygen atoms in total. The molecule has 0 saturated carbocycles. The van der Waals surface area contributed by atoms with E-state index in [9.17, 15) is 9.18 Å². The second-order valence-electron chi connectivity index (χ2n) is 4.86. The molecule has 1 aliphatic rings. The summed E-state index contributed by atoms with van der Waals surface area (Å²) in [5.41, 5.74) is 1.15. The Morgan fingerprint density at radius 1 is 1.22 bits per heavy atom. The van der Waals surface area contributed by atoms with Gasteiger partial charge in [-0.3, -0.25) is 9.69 Å². The second kappa shape index (κ2) is 5.96. The van der Waals surface area contributed by atoms with E-state index < -0.39 is 0 Å². The zero-order chi connectivity index (χ0) is 13.0. The van der Waals surface area contributed by atoms with Gasteiger partial charge < -0.3 is 4.90 Å². The number of carbonyl (C=O) groups excluding carboxylic acids is 1. The topological polar surface area (TPSA) is 23.6 Å². The van der Waals surface area contributed by atoms with Gasteiger partial charge in [-0.1, -0.05) is 12.1 Å². The van der Waals surface area contributed by atoms with Crippen molar-refractivity contribution in [2.75, 3.05) is 26.2 Å². The second-order valence-corrected chi connectivity index (χ2v) is 4.86. The number of carbonyl (C=O) groups is 1. The first-order valence-electron chi connectivity index (χ1n) is 6.37. The number of benzene rings is 1. The molecule has 1 heterocycles. The summed E-state index contributed by atoms with van der Waals surface area (Å²) in [6.07, 6.45) is 1.84. The molecule has 1 fully saturated rings. The van der Waals surface area contributed by atoms with Gasteiger partial charge in [0.25, 0.3) is 0 Å². The maximum atomic E-state index is 12.8. The minimum Gasteiger partial charge on any atom is -0.343 e. The Balaban J connectivity index is 1.86. The van der Waals surface area contributed by atoms with Gasteiger partial charge in [0.1, 0.15) is 5.82 Å². The molecule has 0 bridgehead atoms. The van der Waals surface area contributed by atoms with Crippen LogP contribution >= 0.6 is 0 Å². The maximum Gasteiger partial charge on any atom is 0.209 e. The average Bonchev–Trinajstić information content (AvgIpc) is 2.41. The minimum atomic E-state index is -0.189. The van der Waals surface area contributed by atoms with Crippen molar-refractivity contribution in [2.24, 2.45) is 0 Å². The van der Waals surface area contributed by atoms with E-state index in [-0.39, 0.29) is 5.82 Å². The fraction of sp³-hybridized carbons (Fsp3) is 0.500. The third kappa shape index (κ3) is 3.29. The number of halogens is 1. The highest BCUT2D eigenvalue weighted by Crippen LogP contribution is 2.12. The zero-order valence-electron chi connectivity index (χ0n) is 10.7. The monoisotopic (exact) mass is 250 g/mol. The van der Waals surface area contributed by atoms with Crippen LogP contribution in [-0.4, -0.2) is 48.4 Å². The number of hydrogen-bond donors (Lipinski definition) is 0. The highest BCUT2D eigenvalue weighted by atomic mass is 19.1. The molecule has 1 aliphatic heterocycles. The Morgan fingerprint density at radius 3 is 2.39 bits per heavy atom. The number of amides is 1. The fourth-order valence-electron chi connectivity index (χ4n) is 2.37. The molecule has 1 amide bonds. The lowest BCUT2D eigenvalue weighted by Crippen LogP contribution is -2.49. The van der Waals surface area contributed by atoms with Crippen LogP contribution in [0.2, 0.25) is 0 Å². The summed E-state index contributed by atoms with van der Waals surface area (Å²) in [5.74, 6) is -0.189. The van der Waals surface area contributed by atoms with Crippen LogP contribution in [0.4, 0.5) is 4.39 Å². The van der Waals surface area contributed by atoms with Crippen LogP contribution in [0.25, 0.3) is 0 Å². The molecule has 0 aliphatic carbocycles. The van der Waals surface area contributed by atoms with Crippen molar-refractivity contribution in [2.45, 2.75) is 19.4 Å². The van der Waals surface area contributed by atoms with E-state index in [1.807, 2.05) is 12.1 Å². The van der Waals surface area contributed by atoms with Gasteiger partial charge in [0, 0.05) is 32.2 Å². The fourth-order valence-corrected chi connectivity index (χ4v) is 2.37. The predicted molar refractivity (Wildman–Crippen MR) is 68.8 cm³/mol. The van der Waals surface area contributed by atoms with E-state index in [2.05, 4.69) is 11.8 Å². The van der Waals surface area contributed by atoms with Crippen molar-refractivity contribution in [1.82, 2.24) is 9.80 Å². The van der Waals surface area contributed by atoms with Crippen LogP contribution in [0.3, 0.4) is 0 Å². The highest BCUT2D eigenvalue weighted by Gasteiger charge is 2.20. The minimum absolute atomic E-state index is 0.189. The Morgan fingerprint density at radius 2 is 1.83 bits per heavy atom. The van der Waals surface area contributed by atoms with Crippen molar-refractivity contribution in [3.63, 3.8) is 0 Å². The van der Waals surface area contributed by atoms with Crippen LogP contribution in [0, 0.1) is 5.82 Å². The quantitative estimate of drug-likeness (QED) is 0.757. The molecule has 1 atom stereocenters. The molecule has 1 saturated heterocycles. The third-order valence-electron chi connectivity index (χ3n) is 3.57. The molecule has 1 aromatic carbocycles. The van der Waals surface area contributed by atoms with E-state index in [0.29, 0.717) is 6.04 Å². The van der Waals surface area contributed by atoms with Crippen LogP contribution < -0.4 is 0 Å². The average molecular weight is 250 g/mol. The van der Waals surface area contributed by atoms with E-state index >= 15 is 0 Å². The SMILES string of the molecule is CC(Cc1ccc(F)cc1)N1CCN(C=O)CC1. The first kappa shape index (κ1) is 13.0. The van der Waals surface area contributed by atoms with Gasteiger partial charge in [-0.2, -0.15) is 0 Å². The number of nitrogens with zero attached hydrogens (tertiary/aromatic N) is 2. The van der Waals surface area contributed by atoms with Gasteiger partial charge in [0.15, 0.2) is 0 Å². The first-order chi connectivity index (χ1) is 8.69. The Kier molecular flexibility index (Phi) is 4.31. The summed E-state index contributed by atoms with van der Waals surface area (Å²) in [5, 5.41) is 0. The Hall–Kier alpha value is -1.42. The molecular formula is C14H19FN2O. The predicted octanol–water partition coefficient (Wildman–Crippen LogP) is 1.53. The molecule has 1 aromatic rings. The number of piperazine rings is 1. The molecule has 18 heavy (non-hydrogen) atoms. The summed E-state index contributed by atoms with van der Waals surface area (Å²) in [4.78, 5) is 14.8. The van der Waals surface area contributed by atoms with Crippen LogP contribution in [0.15, 0.2) is 24.3 Å². The summed E-state index contributed by atoms with van der Waals surface area (Å²) >= 11 is 0. The van der Waals surface area contributed by atoms with Crippen molar-refractivity contribution in [1.29, 1.82) is 0 Å². The number of rotatable bonds is 4. The van der Waals surface area contributed by atoms with Crippen molar-refractivity contribution < 1.29 is 9.18 Å². The lowest BCUT2D eigenvalue weighted by Gasteiger charge is -2.36. The molecule has 0 aromatic heterocycles. The smallest absolute Gasteiger partial charge is 0.209 e. The summed E-state index contributed by atoms with van der Waals surface area (Å²) < 4.78 is 12.8. The van der Waals surface area contributed by atoms with E-state index in [0.717, 1.165) is 44.6 Å². The molecule has 1 unspecified atom stereocenters. The van der Waals surface area contributed by atoms with Crippen molar-refractivity contribution >= 4 is 6.41 Å². The molecule has 0 spiro atoms. The summed E-state index contributed by atoms with van der Waals surface area (Å²) in [6, 6.07) is 7.11. The standard InChI is InChI=1S/C14H19FN2O/c1-12(10-13-2-4-14(15)5-3-13)17-8-6-16(11-18)7-9-17/h2-5,11-12H,6-10H2,1H3. The zero-order valence-corrected chi connectivity index (χ0v) is 10.7. The van der Waals surface area contributed by atoms with Crippen LogP contribution in [0.5, 0.6) is 0 Å². The molecule has 0 N–H and O–H groups in total. The highest BCUT2D eigenvalue weighted by molar-refractivity contribution is 5.47. The summed E-state index contributed by atoms with van der Waals surface area (Å²) in [6.45, 7) is 5.62. The maximum absolute atomic E-state index is 12.8. The number of hydrogen-bond acceptors (Lipinski definition) is 2. The molecule has 2 rings (SSSR count). The molecular weight excluding hydrogens is 231 g/mol. The largest absolute Gasteiger partial charge is 0.343 e. The van der Waals surface area contributed by atoms with E-state index in [1.165, 1.54) is 12.1 Å². The van der Waals surface area contributed by atoms with Gasteiger partial charge in [-0.25, -0.2) is 4.39 Å². The Labute approximate surface area is 107 Å². The van der Waals surface area contributed by atoms with E-state index in [4.69, 9.17) is 0 Å². The molecule has 4 heteroatoms. The lowest BCUT2D eigenvalue weighted by molar-refractivity contribution is -0.120. The van der Waals surface area contributed by atoms with Gasteiger partial charge in [-0.05, 0) is 31.0 Å². The van der Waals surface area contributed by atoms with Crippen LogP contribution in [-0.2, 0) is 11.2 Å². The first-order valence-corrected chi connectivity index (χ1v) is 6.37. The summed E-state index contributed by atoms with van der Waals surface area (Å²) in [7, 11) is 0. The third-order valence-corrected chi connectivity index (χ3v) is 3.57. The van der Waals surface area contributed by atoms with Gasteiger partial charge >= 0.3 is 0 Å². The lowest BCUT2D eigenvalue weighted by atomic mass is 10.1. The van der Waals surface area contributed by atoms with Gasteiger partial charge in [0.05, 0.1) is 0 Å².